The number of carbonyl (C=O) groups excluding carboxylic acids is 1. The SMILES string of the molecule is CCN(CCC(=O)O)C(=O)C1CCN(S(=O)(=O)c2ccccc2F)CC1. The fraction of sp³-hybridized carbons (Fsp3) is 0.529. The van der Waals surface area contributed by atoms with Gasteiger partial charge < -0.3 is 10.0 Å². The van der Waals surface area contributed by atoms with E-state index in [4.69, 9.17) is 5.11 Å². The first-order valence-corrected chi connectivity index (χ1v) is 9.96. The molecule has 26 heavy (non-hydrogen) atoms. The maximum absolute atomic E-state index is 13.8. The molecule has 1 aromatic carbocycles. The zero-order valence-electron chi connectivity index (χ0n) is 14.6. The van der Waals surface area contributed by atoms with Crippen LogP contribution in [0, 0.1) is 11.7 Å². The highest BCUT2D eigenvalue weighted by molar-refractivity contribution is 7.89. The van der Waals surface area contributed by atoms with Gasteiger partial charge in [0.2, 0.25) is 15.9 Å². The van der Waals surface area contributed by atoms with Crippen LogP contribution >= 0.6 is 0 Å². The number of carboxylic acids is 1. The number of rotatable bonds is 7. The molecular weight excluding hydrogens is 363 g/mol. The van der Waals surface area contributed by atoms with Crippen LogP contribution in [-0.2, 0) is 19.6 Å². The predicted molar refractivity (Wildman–Crippen MR) is 92.4 cm³/mol. The molecule has 1 amide bonds. The Kier molecular flexibility index (Phi) is 6.71. The fourth-order valence-corrected chi connectivity index (χ4v) is 4.58. The molecule has 1 saturated heterocycles. The summed E-state index contributed by atoms with van der Waals surface area (Å²) in [6.07, 6.45) is 0.534. The van der Waals surface area contributed by atoms with Crippen molar-refractivity contribution in [3.8, 4) is 0 Å². The summed E-state index contributed by atoms with van der Waals surface area (Å²) >= 11 is 0. The molecule has 144 valence electrons. The molecule has 2 rings (SSSR count). The smallest absolute Gasteiger partial charge is 0.305 e. The van der Waals surface area contributed by atoms with Crippen molar-refractivity contribution in [2.24, 2.45) is 5.92 Å². The number of benzene rings is 1. The topological polar surface area (TPSA) is 95.0 Å². The molecule has 0 aliphatic carbocycles. The van der Waals surface area contributed by atoms with Crippen molar-refractivity contribution >= 4 is 21.9 Å². The highest BCUT2D eigenvalue weighted by Gasteiger charge is 2.34. The number of carbonyl (C=O) groups is 2. The van der Waals surface area contributed by atoms with Crippen LogP contribution in [0.1, 0.15) is 26.2 Å². The third-order valence-electron chi connectivity index (χ3n) is 4.55. The van der Waals surface area contributed by atoms with E-state index in [1.807, 2.05) is 0 Å². The van der Waals surface area contributed by atoms with Gasteiger partial charge in [0.05, 0.1) is 6.42 Å². The van der Waals surface area contributed by atoms with Gasteiger partial charge in [-0.2, -0.15) is 4.31 Å². The lowest BCUT2D eigenvalue weighted by Crippen LogP contribution is -2.45. The van der Waals surface area contributed by atoms with Crippen molar-refractivity contribution < 1.29 is 27.5 Å². The van der Waals surface area contributed by atoms with Crippen LogP contribution in [0.25, 0.3) is 0 Å². The molecule has 0 radical (unpaired) electrons. The van der Waals surface area contributed by atoms with Gasteiger partial charge >= 0.3 is 5.97 Å². The van der Waals surface area contributed by atoms with Gasteiger partial charge in [-0.3, -0.25) is 9.59 Å². The molecule has 0 bridgehead atoms. The molecule has 1 aromatic rings. The zero-order chi connectivity index (χ0) is 19.3. The lowest BCUT2D eigenvalue weighted by atomic mass is 9.96. The summed E-state index contributed by atoms with van der Waals surface area (Å²) in [5, 5.41) is 8.76. The Morgan fingerprint density at radius 3 is 2.42 bits per heavy atom. The minimum Gasteiger partial charge on any atom is -0.481 e. The highest BCUT2D eigenvalue weighted by Crippen LogP contribution is 2.26. The summed E-state index contributed by atoms with van der Waals surface area (Å²) in [6, 6.07) is 5.22. The van der Waals surface area contributed by atoms with E-state index in [-0.39, 0.29) is 42.8 Å². The van der Waals surface area contributed by atoms with E-state index in [2.05, 4.69) is 0 Å². The molecule has 1 N–H and O–H groups in total. The fourth-order valence-electron chi connectivity index (χ4n) is 3.05. The molecule has 9 heteroatoms. The minimum atomic E-state index is -3.93. The first kappa shape index (κ1) is 20.3. The van der Waals surface area contributed by atoms with Crippen molar-refractivity contribution in [2.45, 2.75) is 31.1 Å². The molecule has 1 fully saturated rings. The van der Waals surface area contributed by atoms with Crippen LogP contribution < -0.4 is 0 Å². The first-order valence-electron chi connectivity index (χ1n) is 8.52. The van der Waals surface area contributed by atoms with Crippen molar-refractivity contribution in [3.05, 3.63) is 30.1 Å². The summed E-state index contributed by atoms with van der Waals surface area (Å²) in [6.45, 7) is 2.57. The minimum absolute atomic E-state index is 0.125. The van der Waals surface area contributed by atoms with Crippen LogP contribution in [0.2, 0.25) is 0 Å². The van der Waals surface area contributed by atoms with E-state index < -0.39 is 21.8 Å². The van der Waals surface area contributed by atoms with E-state index in [0.717, 1.165) is 6.07 Å². The number of hydrogen-bond donors (Lipinski definition) is 1. The van der Waals surface area contributed by atoms with Crippen LogP contribution in [0.4, 0.5) is 4.39 Å². The Morgan fingerprint density at radius 2 is 1.88 bits per heavy atom. The highest BCUT2D eigenvalue weighted by atomic mass is 32.2. The quantitative estimate of drug-likeness (QED) is 0.767. The van der Waals surface area contributed by atoms with E-state index in [1.165, 1.54) is 27.4 Å². The summed E-state index contributed by atoms with van der Waals surface area (Å²) in [5.41, 5.74) is 0. The van der Waals surface area contributed by atoms with Crippen LogP contribution in [0.15, 0.2) is 29.2 Å². The van der Waals surface area contributed by atoms with Gasteiger partial charge in [0.1, 0.15) is 10.7 Å². The molecule has 1 aliphatic rings. The monoisotopic (exact) mass is 386 g/mol. The third-order valence-corrected chi connectivity index (χ3v) is 6.48. The van der Waals surface area contributed by atoms with E-state index in [9.17, 15) is 22.4 Å². The lowest BCUT2D eigenvalue weighted by Gasteiger charge is -2.33. The molecule has 1 aliphatic heterocycles. The second-order valence-corrected chi connectivity index (χ2v) is 8.08. The van der Waals surface area contributed by atoms with Gasteiger partial charge in [0.25, 0.3) is 0 Å². The lowest BCUT2D eigenvalue weighted by molar-refractivity contribution is -0.140. The molecule has 1 heterocycles. The number of nitrogens with zero attached hydrogens (tertiary/aromatic N) is 2. The zero-order valence-corrected chi connectivity index (χ0v) is 15.4. The van der Waals surface area contributed by atoms with E-state index in [1.54, 1.807) is 6.92 Å². The average Bonchev–Trinajstić information content (AvgIpc) is 2.62. The van der Waals surface area contributed by atoms with E-state index in [0.29, 0.717) is 19.4 Å². The van der Waals surface area contributed by atoms with Crippen molar-refractivity contribution in [2.75, 3.05) is 26.2 Å². The number of amides is 1. The summed E-state index contributed by atoms with van der Waals surface area (Å²) in [4.78, 5) is 24.3. The molecule has 0 aromatic heterocycles. The Bertz CT molecular complexity index is 760. The van der Waals surface area contributed by atoms with E-state index >= 15 is 0 Å². The number of halogens is 1. The van der Waals surface area contributed by atoms with Crippen LogP contribution in [0.3, 0.4) is 0 Å². The number of carboxylic acid groups (broad SMARTS) is 1. The number of hydrogen-bond acceptors (Lipinski definition) is 4. The molecular formula is C17H23FN2O5S. The van der Waals surface area contributed by atoms with Crippen LogP contribution in [0.5, 0.6) is 0 Å². The normalized spacial score (nSPS) is 16.4. The Morgan fingerprint density at radius 1 is 1.27 bits per heavy atom. The second kappa shape index (κ2) is 8.59. The maximum atomic E-state index is 13.8. The summed E-state index contributed by atoms with van der Waals surface area (Å²) in [5.74, 6) is -2.27. The maximum Gasteiger partial charge on any atom is 0.305 e. The standard InChI is InChI=1S/C17H23FN2O5S/c1-2-19(10-9-16(21)22)17(23)13-7-11-20(12-8-13)26(24,25)15-6-4-3-5-14(15)18/h3-6,13H,2,7-12H2,1H3,(H,21,22). The Labute approximate surface area is 152 Å². The van der Waals surface area contributed by atoms with Gasteiger partial charge in [-0.1, -0.05) is 12.1 Å². The van der Waals surface area contributed by atoms with Crippen molar-refractivity contribution in [1.82, 2.24) is 9.21 Å². The predicted octanol–water partition coefficient (Wildman–Crippen LogP) is 1.55. The molecule has 0 spiro atoms. The molecule has 0 atom stereocenters. The second-order valence-electron chi connectivity index (χ2n) is 6.17. The van der Waals surface area contributed by atoms with Crippen molar-refractivity contribution in [1.29, 1.82) is 0 Å². The number of piperidine rings is 1. The summed E-state index contributed by atoms with van der Waals surface area (Å²) in [7, 11) is -3.93. The molecule has 0 saturated carbocycles. The van der Waals surface area contributed by atoms with Gasteiger partial charge in [0.15, 0.2) is 0 Å². The van der Waals surface area contributed by atoms with Gasteiger partial charge in [-0.25, -0.2) is 12.8 Å². The van der Waals surface area contributed by atoms with Gasteiger partial charge in [-0.15, -0.1) is 0 Å². The molecule has 7 nitrogen and oxygen atoms in total. The Hall–Kier alpha value is -2.00. The van der Waals surface area contributed by atoms with Gasteiger partial charge in [0, 0.05) is 32.1 Å². The largest absolute Gasteiger partial charge is 0.481 e. The first-order chi connectivity index (χ1) is 12.3. The number of sulfonamides is 1. The van der Waals surface area contributed by atoms with Crippen LogP contribution in [-0.4, -0.2) is 60.8 Å². The Balaban J connectivity index is 2.01. The molecule has 0 unspecified atom stereocenters. The third kappa shape index (κ3) is 4.59. The van der Waals surface area contributed by atoms with Gasteiger partial charge in [-0.05, 0) is 31.9 Å². The van der Waals surface area contributed by atoms with Crippen molar-refractivity contribution in [3.63, 3.8) is 0 Å². The summed E-state index contributed by atoms with van der Waals surface area (Å²) < 4.78 is 40.2. The average molecular weight is 386 g/mol. The number of aliphatic carboxylic acids is 1.